The van der Waals surface area contributed by atoms with Crippen LogP contribution in [0.5, 0.6) is 0 Å². The van der Waals surface area contributed by atoms with E-state index in [0.717, 1.165) is 39.0 Å². The van der Waals surface area contributed by atoms with Crippen LogP contribution in [-0.2, 0) is 4.74 Å². The molecule has 1 aliphatic heterocycles. The number of nitrogens with zero attached hydrogens (tertiary/aromatic N) is 2. The number of ether oxygens (including phenoxy) is 1. The van der Waals surface area contributed by atoms with Crippen molar-refractivity contribution in [2.24, 2.45) is 5.73 Å². The standard InChI is InChI=1S/C12H25N3O/c1-10-8-14(2)4-5-15(10)12(9-13)6-11(7-12)16-3/h10-11H,4-9,13H2,1-3H3. The lowest BCUT2D eigenvalue weighted by molar-refractivity contribution is -0.114. The largest absolute Gasteiger partial charge is 0.381 e. The fourth-order valence-corrected chi connectivity index (χ4v) is 3.32. The average Bonchev–Trinajstić information content (AvgIpc) is 2.20. The maximum Gasteiger partial charge on any atom is 0.0607 e. The zero-order chi connectivity index (χ0) is 11.8. The highest BCUT2D eigenvalue weighted by Gasteiger charge is 2.49. The number of hydrogen-bond donors (Lipinski definition) is 1. The summed E-state index contributed by atoms with van der Waals surface area (Å²) in [4.78, 5) is 5.01. The van der Waals surface area contributed by atoms with Gasteiger partial charge in [0, 0.05) is 44.9 Å². The molecule has 2 rings (SSSR count). The first-order chi connectivity index (χ1) is 7.61. The lowest BCUT2D eigenvalue weighted by Gasteiger charge is -2.57. The number of rotatable bonds is 3. The maximum atomic E-state index is 6.00. The van der Waals surface area contributed by atoms with Gasteiger partial charge in [0.15, 0.2) is 0 Å². The molecule has 0 spiro atoms. The highest BCUT2D eigenvalue weighted by Crippen LogP contribution is 2.40. The minimum absolute atomic E-state index is 0.224. The maximum absolute atomic E-state index is 6.00. The highest BCUT2D eigenvalue weighted by atomic mass is 16.5. The van der Waals surface area contributed by atoms with Gasteiger partial charge in [-0.15, -0.1) is 0 Å². The number of likely N-dealkylation sites (N-methyl/N-ethyl adjacent to an activating group) is 1. The van der Waals surface area contributed by atoms with Crippen molar-refractivity contribution >= 4 is 0 Å². The zero-order valence-electron chi connectivity index (χ0n) is 10.8. The summed E-state index contributed by atoms with van der Waals surface area (Å²) >= 11 is 0. The summed E-state index contributed by atoms with van der Waals surface area (Å²) in [5, 5.41) is 0. The first-order valence-corrected chi connectivity index (χ1v) is 6.29. The van der Waals surface area contributed by atoms with E-state index in [9.17, 15) is 0 Å². The van der Waals surface area contributed by atoms with Crippen molar-refractivity contribution < 1.29 is 4.74 Å². The molecule has 0 aromatic rings. The van der Waals surface area contributed by atoms with E-state index in [-0.39, 0.29) is 5.54 Å². The molecule has 1 saturated carbocycles. The monoisotopic (exact) mass is 227 g/mol. The second-order valence-electron chi connectivity index (χ2n) is 5.50. The molecule has 2 aliphatic rings. The number of methoxy groups -OCH3 is 1. The van der Waals surface area contributed by atoms with E-state index >= 15 is 0 Å². The molecule has 2 N–H and O–H groups in total. The summed E-state index contributed by atoms with van der Waals surface area (Å²) in [6.07, 6.45) is 2.64. The van der Waals surface area contributed by atoms with Gasteiger partial charge in [0.1, 0.15) is 0 Å². The summed E-state index contributed by atoms with van der Waals surface area (Å²) in [6.45, 7) is 6.53. The van der Waals surface area contributed by atoms with Crippen LogP contribution in [0.1, 0.15) is 19.8 Å². The molecule has 16 heavy (non-hydrogen) atoms. The quantitative estimate of drug-likeness (QED) is 0.744. The Balaban J connectivity index is 2.00. The van der Waals surface area contributed by atoms with Gasteiger partial charge in [-0.2, -0.15) is 0 Å². The third-order valence-corrected chi connectivity index (χ3v) is 4.37. The van der Waals surface area contributed by atoms with Gasteiger partial charge in [-0.3, -0.25) is 4.90 Å². The molecular weight excluding hydrogens is 202 g/mol. The van der Waals surface area contributed by atoms with Gasteiger partial charge < -0.3 is 15.4 Å². The Morgan fingerprint density at radius 2 is 2.06 bits per heavy atom. The van der Waals surface area contributed by atoms with Crippen molar-refractivity contribution in [2.45, 2.75) is 37.5 Å². The van der Waals surface area contributed by atoms with Gasteiger partial charge >= 0.3 is 0 Å². The Bertz CT molecular complexity index is 240. The van der Waals surface area contributed by atoms with E-state index in [1.807, 2.05) is 0 Å². The van der Waals surface area contributed by atoms with E-state index in [1.54, 1.807) is 7.11 Å². The van der Waals surface area contributed by atoms with Gasteiger partial charge in [-0.1, -0.05) is 0 Å². The molecular formula is C12H25N3O. The van der Waals surface area contributed by atoms with Gasteiger partial charge in [0.05, 0.1) is 6.10 Å². The summed E-state index contributed by atoms with van der Waals surface area (Å²) in [5.74, 6) is 0. The fourth-order valence-electron chi connectivity index (χ4n) is 3.32. The summed E-state index contributed by atoms with van der Waals surface area (Å²) in [7, 11) is 4.00. The molecule has 1 atom stereocenters. The number of piperazine rings is 1. The molecule has 2 fully saturated rings. The lowest BCUT2D eigenvalue weighted by atomic mass is 9.72. The summed E-state index contributed by atoms with van der Waals surface area (Å²) in [5.41, 5.74) is 6.23. The molecule has 1 heterocycles. The Hall–Kier alpha value is -0.160. The first-order valence-electron chi connectivity index (χ1n) is 6.29. The second-order valence-corrected chi connectivity index (χ2v) is 5.50. The molecule has 1 saturated heterocycles. The SMILES string of the molecule is COC1CC(CN)(N2CCN(C)CC2C)C1. The summed E-state index contributed by atoms with van der Waals surface area (Å²) < 4.78 is 5.40. The second kappa shape index (κ2) is 4.61. The van der Waals surface area contributed by atoms with Crippen LogP contribution in [0.2, 0.25) is 0 Å². The molecule has 4 heteroatoms. The molecule has 4 nitrogen and oxygen atoms in total. The molecule has 1 aliphatic carbocycles. The minimum Gasteiger partial charge on any atom is -0.381 e. The van der Waals surface area contributed by atoms with E-state index in [0.29, 0.717) is 12.1 Å². The van der Waals surface area contributed by atoms with Crippen LogP contribution in [-0.4, -0.2) is 67.8 Å². The van der Waals surface area contributed by atoms with Gasteiger partial charge in [0.25, 0.3) is 0 Å². The topological polar surface area (TPSA) is 41.7 Å². The zero-order valence-corrected chi connectivity index (χ0v) is 10.8. The van der Waals surface area contributed by atoms with Crippen molar-refractivity contribution in [3.8, 4) is 0 Å². The predicted octanol–water partition coefficient (Wildman–Crippen LogP) is 0.129. The van der Waals surface area contributed by atoms with Crippen molar-refractivity contribution in [2.75, 3.05) is 40.3 Å². The van der Waals surface area contributed by atoms with Crippen molar-refractivity contribution in [1.29, 1.82) is 0 Å². The van der Waals surface area contributed by atoms with Crippen LogP contribution < -0.4 is 5.73 Å². The van der Waals surface area contributed by atoms with Crippen molar-refractivity contribution in [3.05, 3.63) is 0 Å². The molecule has 0 aromatic heterocycles. The number of hydrogen-bond acceptors (Lipinski definition) is 4. The van der Waals surface area contributed by atoms with Gasteiger partial charge in [-0.05, 0) is 26.8 Å². The van der Waals surface area contributed by atoms with Crippen LogP contribution in [0.15, 0.2) is 0 Å². The van der Waals surface area contributed by atoms with Gasteiger partial charge in [0.2, 0.25) is 0 Å². The van der Waals surface area contributed by atoms with Crippen LogP contribution in [0.3, 0.4) is 0 Å². The van der Waals surface area contributed by atoms with E-state index in [4.69, 9.17) is 10.5 Å². The smallest absolute Gasteiger partial charge is 0.0607 e. The van der Waals surface area contributed by atoms with Crippen LogP contribution >= 0.6 is 0 Å². The molecule has 0 radical (unpaired) electrons. The number of nitrogens with two attached hydrogens (primary N) is 1. The Labute approximate surface area is 98.7 Å². The molecule has 94 valence electrons. The molecule has 0 aromatic carbocycles. The third-order valence-electron chi connectivity index (χ3n) is 4.37. The van der Waals surface area contributed by atoms with E-state index in [2.05, 4.69) is 23.8 Å². The fraction of sp³-hybridized carbons (Fsp3) is 1.00. The van der Waals surface area contributed by atoms with E-state index < -0.39 is 0 Å². The Kier molecular flexibility index (Phi) is 3.54. The highest BCUT2D eigenvalue weighted by molar-refractivity contribution is 5.06. The van der Waals surface area contributed by atoms with Crippen LogP contribution in [0.4, 0.5) is 0 Å². The third kappa shape index (κ3) is 1.99. The van der Waals surface area contributed by atoms with E-state index in [1.165, 1.54) is 0 Å². The molecule has 1 unspecified atom stereocenters. The van der Waals surface area contributed by atoms with Crippen molar-refractivity contribution in [1.82, 2.24) is 9.80 Å². The molecule has 0 amide bonds. The van der Waals surface area contributed by atoms with Crippen LogP contribution in [0.25, 0.3) is 0 Å². The minimum atomic E-state index is 0.224. The lowest BCUT2D eigenvalue weighted by Crippen LogP contribution is -2.69. The predicted molar refractivity (Wildman–Crippen MR) is 65.5 cm³/mol. The first kappa shape index (κ1) is 12.3. The normalized spacial score (nSPS) is 42.0. The Morgan fingerprint density at radius 3 is 2.56 bits per heavy atom. The Morgan fingerprint density at radius 1 is 1.38 bits per heavy atom. The average molecular weight is 227 g/mol. The van der Waals surface area contributed by atoms with Crippen LogP contribution in [0, 0.1) is 0 Å². The summed E-state index contributed by atoms with van der Waals surface area (Å²) in [6, 6.07) is 0.611. The molecule has 0 bridgehead atoms. The van der Waals surface area contributed by atoms with Gasteiger partial charge in [-0.25, -0.2) is 0 Å². The van der Waals surface area contributed by atoms with Crippen molar-refractivity contribution in [3.63, 3.8) is 0 Å².